The Morgan fingerprint density at radius 1 is 0.385 bits per heavy atom. The molecule has 0 heterocycles. The molecule has 0 atom stereocenters. The van der Waals surface area contributed by atoms with Crippen LogP contribution in [0.25, 0.3) is 66.4 Å². The van der Waals surface area contributed by atoms with Crippen molar-refractivity contribution in [1.82, 2.24) is 0 Å². The first-order valence-corrected chi connectivity index (χ1v) is 24.0. The average Bonchev–Trinajstić information content (AvgIpc) is 3.65. The van der Waals surface area contributed by atoms with Crippen molar-refractivity contribution in [2.24, 2.45) is 23.7 Å². The Morgan fingerprint density at radius 2 is 0.892 bits per heavy atom. The van der Waals surface area contributed by atoms with Crippen LogP contribution in [0.5, 0.6) is 0 Å². The van der Waals surface area contributed by atoms with Crippen molar-refractivity contribution >= 4 is 27.8 Å². The third-order valence-corrected chi connectivity index (χ3v) is 16.2. The smallest absolute Gasteiger partial charge is 0.0543 e. The van der Waals surface area contributed by atoms with E-state index >= 15 is 0 Å². The summed E-state index contributed by atoms with van der Waals surface area (Å²) in [6, 6.07) is 75.5. The van der Waals surface area contributed by atoms with E-state index in [4.69, 9.17) is 0 Å². The molecule has 4 fully saturated rings. The molecule has 14 rings (SSSR count). The van der Waals surface area contributed by atoms with Crippen molar-refractivity contribution in [3.63, 3.8) is 0 Å². The molecule has 5 aliphatic rings. The van der Waals surface area contributed by atoms with Crippen molar-refractivity contribution in [2.45, 2.75) is 51.4 Å². The summed E-state index contributed by atoms with van der Waals surface area (Å²) in [7, 11) is 0. The lowest BCUT2D eigenvalue weighted by Gasteiger charge is -2.61. The number of hydrogen-bond acceptors (Lipinski definition) is 1. The summed E-state index contributed by atoms with van der Waals surface area (Å²) < 4.78 is 0. The van der Waals surface area contributed by atoms with Gasteiger partial charge in [-0.05, 0) is 196 Å². The highest BCUT2D eigenvalue weighted by Gasteiger charge is 2.62. The number of hydrogen-bond donors (Lipinski definition) is 0. The number of fused-ring (bicyclic) bond motifs is 4. The maximum atomic E-state index is 2.66. The van der Waals surface area contributed by atoms with Crippen LogP contribution in [0.2, 0.25) is 0 Å². The zero-order valence-corrected chi connectivity index (χ0v) is 37.3. The second kappa shape index (κ2) is 15.1. The average molecular weight is 836 g/mol. The minimum atomic E-state index is 0.0632. The molecule has 65 heavy (non-hydrogen) atoms. The number of anilines is 3. The van der Waals surface area contributed by atoms with Gasteiger partial charge in [-0.25, -0.2) is 0 Å². The lowest BCUT2D eigenvalue weighted by molar-refractivity contribution is -0.0399. The quantitative estimate of drug-likeness (QED) is 0.155. The van der Waals surface area contributed by atoms with Crippen molar-refractivity contribution in [1.29, 1.82) is 0 Å². The summed E-state index contributed by atoms with van der Waals surface area (Å²) in [5.41, 5.74) is 22.5. The van der Waals surface area contributed by atoms with Gasteiger partial charge in [0.05, 0.1) is 5.69 Å². The highest BCUT2D eigenvalue weighted by atomic mass is 15.1. The van der Waals surface area contributed by atoms with Crippen LogP contribution >= 0.6 is 0 Å². The predicted octanol–water partition coefficient (Wildman–Crippen LogP) is 17.3. The first-order valence-electron chi connectivity index (χ1n) is 24.0. The Labute approximate surface area is 384 Å². The maximum absolute atomic E-state index is 2.66. The van der Waals surface area contributed by atoms with Crippen molar-refractivity contribution in [3.8, 4) is 55.6 Å². The second-order valence-electron chi connectivity index (χ2n) is 19.8. The van der Waals surface area contributed by atoms with Crippen molar-refractivity contribution < 1.29 is 0 Å². The molecule has 0 radical (unpaired) electrons. The molecule has 4 saturated carbocycles. The fourth-order valence-corrected chi connectivity index (χ4v) is 13.8. The van der Waals surface area contributed by atoms with Gasteiger partial charge in [-0.1, -0.05) is 157 Å². The molecule has 0 unspecified atom stereocenters. The Bertz CT molecular complexity index is 3140. The van der Waals surface area contributed by atoms with Crippen molar-refractivity contribution in [3.05, 3.63) is 222 Å². The molecular weight excluding hydrogens is 783 g/mol. The van der Waals surface area contributed by atoms with Gasteiger partial charge in [-0.2, -0.15) is 0 Å². The fourth-order valence-electron chi connectivity index (χ4n) is 13.8. The molecule has 0 aromatic heterocycles. The molecule has 1 heteroatoms. The van der Waals surface area contributed by atoms with Gasteiger partial charge in [-0.15, -0.1) is 0 Å². The summed E-state index contributed by atoms with van der Waals surface area (Å²) in [6.45, 7) is 4.62. The van der Waals surface area contributed by atoms with Crippen LogP contribution in [0.1, 0.15) is 54.4 Å². The van der Waals surface area contributed by atoms with Crippen LogP contribution < -0.4 is 4.90 Å². The zero-order valence-electron chi connectivity index (χ0n) is 37.3. The molecular formula is C64H53N. The molecule has 1 nitrogen and oxygen atoms in total. The first kappa shape index (κ1) is 38.5. The summed E-state index contributed by atoms with van der Waals surface area (Å²) in [4.78, 5) is 2.49. The molecule has 314 valence electrons. The number of nitrogens with zero attached hydrogens (tertiary/aromatic N) is 1. The fraction of sp³-hybridized carbons (Fsp3) is 0.188. The summed E-state index contributed by atoms with van der Waals surface area (Å²) >= 11 is 0. The van der Waals surface area contributed by atoms with E-state index in [2.05, 4.69) is 219 Å². The molecule has 1 spiro atoms. The van der Waals surface area contributed by atoms with Gasteiger partial charge in [0.15, 0.2) is 0 Å². The van der Waals surface area contributed by atoms with Gasteiger partial charge >= 0.3 is 0 Å². The Morgan fingerprint density at radius 3 is 1.46 bits per heavy atom. The maximum Gasteiger partial charge on any atom is 0.0543 e. The molecule has 4 bridgehead atoms. The van der Waals surface area contributed by atoms with Crippen molar-refractivity contribution in [2.75, 3.05) is 4.90 Å². The van der Waals surface area contributed by atoms with E-state index < -0.39 is 0 Å². The van der Waals surface area contributed by atoms with Crippen LogP contribution in [-0.4, -0.2) is 0 Å². The first-order chi connectivity index (χ1) is 32.0. The lowest BCUT2D eigenvalue weighted by Crippen LogP contribution is -2.55. The highest BCUT2D eigenvalue weighted by molar-refractivity contribution is 6.11. The summed E-state index contributed by atoms with van der Waals surface area (Å²) in [5.74, 6) is 3.17. The van der Waals surface area contributed by atoms with E-state index in [1.165, 1.54) is 115 Å². The monoisotopic (exact) mass is 835 g/mol. The predicted molar refractivity (Wildman–Crippen MR) is 273 cm³/mol. The van der Waals surface area contributed by atoms with Crippen LogP contribution in [0.4, 0.5) is 17.1 Å². The van der Waals surface area contributed by atoms with Gasteiger partial charge in [0, 0.05) is 22.2 Å². The molecule has 0 aliphatic heterocycles. The minimum absolute atomic E-state index is 0.0632. The van der Waals surface area contributed by atoms with Crippen LogP contribution in [0, 0.1) is 37.5 Å². The van der Waals surface area contributed by atoms with Gasteiger partial charge in [0.25, 0.3) is 0 Å². The highest BCUT2D eigenvalue weighted by Crippen LogP contribution is 2.70. The SMILES string of the molecule is Cc1ccc2c(-c3cc(-c4ccccc4)cc4c3-c3ccccc3C43C4CC5CC(C4)CC3C5)c(C)cc(N(c3ccc(-c4ccccc4)cc3)c3ccc(-c4ccccc4)cc3)c2c1. The molecule has 0 saturated heterocycles. The number of benzene rings is 9. The van der Waals surface area contributed by atoms with E-state index in [0.29, 0.717) is 11.8 Å². The Hall–Kier alpha value is -6.96. The standard InChI is InChI=1S/C64H53N/c1-41-22-31-55-57(32-41)61(65(53-27-23-48(24-28-53)45-14-6-3-7-15-45)54-29-25-49(26-30-54)46-16-8-4-9-17-46)33-42(2)62(55)58-39-50(47-18-10-5-11-19-47)40-60-63(58)56-20-12-13-21-59(56)64(60)51-35-43-34-44(37-51)38-52(64)36-43/h3-33,39-40,43-44,51-52H,34-38H2,1-2H3. The molecule has 9 aromatic carbocycles. The topological polar surface area (TPSA) is 3.24 Å². The van der Waals surface area contributed by atoms with Gasteiger partial charge in [-0.3, -0.25) is 0 Å². The van der Waals surface area contributed by atoms with E-state index in [-0.39, 0.29) is 5.41 Å². The van der Waals surface area contributed by atoms with E-state index in [0.717, 1.165) is 23.2 Å². The van der Waals surface area contributed by atoms with Crippen LogP contribution in [-0.2, 0) is 5.41 Å². The normalized spacial score (nSPS) is 21.1. The Kier molecular flexibility index (Phi) is 8.92. The second-order valence-corrected chi connectivity index (χ2v) is 19.8. The van der Waals surface area contributed by atoms with Gasteiger partial charge in [0.2, 0.25) is 0 Å². The minimum Gasteiger partial charge on any atom is -0.310 e. The van der Waals surface area contributed by atoms with Gasteiger partial charge in [0.1, 0.15) is 0 Å². The lowest BCUT2D eigenvalue weighted by atomic mass is 9.43. The number of aryl methyl sites for hydroxylation is 2. The number of rotatable bonds is 7. The Balaban J connectivity index is 1.05. The third kappa shape index (κ3) is 6.05. The zero-order chi connectivity index (χ0) is 43.2. The van der Waals surface area contributed by atoms with Gasteiger partial charge < -0.3 is 4.90 Å². The summed E-state index contributed by atoms with van der Waals surface area (Å²) in [5, 5.41) is 2.56. The van der Waals surface area contributed by atoms with E-state index in [9.17, 15) is 0 Å². The van der Waals surface area contributed by atoms with Crippen LogP contribution in [0.15, 0.2) is 200 Å². The molecule has 0 N–H and O–H groups in total. The van der Waals surface area contributed by atoms with E-state index in [1.807, 2.05) is 0 Å². The third-order valence-electron chi connectivity index (χ3n) is 16.2. The molecule has 5 aliphatic carbocycles. The molecule has 0 amide bonds. The largest absolute Gasteiger partial charge is 0.310 e. The molecule has 9 aromatic rings. The van der Waals surface area contributed by atoms with Crippen LogP contribution in [0.3, 0.4) is 0 Å². The van der Waals surface area contributed by atoms with E-state index in [1.54, 1.807) is 11.1 Å². The summed E-state index contributed by atoms with van der Waals surface area (Å²) in [6.07, 6.45) is 6.94.